The predicted molar refractivity (Wildman–Crippen MR) is 266 cm³/mol. The number of hydrogen-bond acceptors (Lipinski definition) is 10. The number of amides is 4. The number of benzene rings is 3. The molecular formula is C55H76N7O6. The molecule has 1 saturated heterocycles. The topological polar surface area (TPSA) is 211 Å². The summed E-state index contributed by atoms with van der Waals surface area (Å²) in [5.41, 5.74) is 21.6. The molecular weight excluding hydrogens is 855 g/mol. The number of ketones is 2. The standard InChI is InChI=1S/C55H76N7O6/c1-59-48(35-40-23-10-4-11-24-40)52(65)60-47(29-16-17-31-56)55(68)61-32-18-30-49(61)51(64)44(50(63)45(57)33-38-19-6-2-7-20-38)36-42-27-14-15-28-43(42)53(66)62(37-41-25-12-5-13-26-41)54(67)46(58)34-39-21-8-3-9-22-39/h4-5,10-15,23-28,38-39,45-49,59H,2-3,6-9,16-22,29-37,56-58H2,1H3,(H,60,65)/t45-,46+,47+,48+,49+/m1/s1. The Morgan fingerprint density at radius 1 is 0.691 bits per heavy atom. The molecule has 4 amide bonds. The normalized spacial score (nSPS) is 18.7. The molecule has 1 aliphatic heterocycles. The van der Waals surface area contributed by atoms with Crippen molar-refractivity contribution < 1.29 is 28.8 Å². The number of carbonyl (C=O) groups excluding carboxylic acids is 6. The van der Waals surface area contributed by atoms with Gasteiger partial charge < -0.3 is 32.7 Å². The van der Waals surface area contributed by atoms with Gasteiger partial charge in [0.15, 0.2) is 11.6 Å². The first-order valence-corrected chi connectivity index (χ1v) is 25.4. The van der Waals surface area contributed by atoms with Crippen LogP contribution in [0.3, 0.4) is 0 Å². The van der Waals surface area contributed by atoms with E-state index in [2.05, 4.69) is 10.6 Å². The smallest absolute Gasteiger partial charge is 0.261 e. The van der Waals surface area contributed by atoms with Gasteiger partial charge in [-0.05, 0) is 106 Å². The second-order valence-electron chi connectivity index (χ2n) is 19.5. The summed E-state index contributed by atoms with van der Waals surface area (Å²) >= 11 is 0. The highest BCUT2D eigenvalue weighted by Gasteiger charge is 2.44. The number of nitrogens with one attached hydrogen (secondary N) is 2. The lowest BCUT2D eigenvalue weighted by molar-refractivity contribution is -0.141. The summed E-state index contributed by atoms with van der Waals surface area (Å²) < 4.78 is 0. The summed E-state index contributed by atoms with van der Waals surface area (Å²) in [7, 11) is 1.71. The quantitative estimate of drug-likeness (QED) is 0.0512. The zero-order valence-corrected chi connectivity index (χ0v) is 40.3. The Morgan fingerprint density at radius 3 is 1.90 bits per heavy atom. The fourth-order valence-electron chi connectivity index (χ4n) is 10.6. The van der Waals surface area contributed by atoms with Crippen molar-refractivity contribution >= 4 is 35.2 Å². The molecule has 13 heteroatoms. The number of carbonyl (C=O) groups is 6. The summed E-state index contributed by atoms with van der Waals surface area (Å²) in [6.07, 6.45) is 14.0. The number of rotatable bonds is 24. The van der Waals surface area contributed by atoms with Crippen LogP contribution in [0.2, 0.25) is 0 Å². The fraction of sp³-hybridized carbons (Fsp3) is 0.545. The number of likely N-dealkylation sites (tertiary alicyclic amines) is 1. The Bertz CT molecular complexity index is 2110. The van der Waals surface area contributed by atoms with Crippen LogP contribution in [-0.2, 0) is 43.4 Å². The molecule has 1 radical (unpaired) electrons. The van der Waals surface area contributed by atoms with Crippen LogP contribution in [0.1, 0.15) is 136 Å². The van der Waals surface area contributed by atoms with Crippen LogP contribution in [0.4, 0.5) is 0 Å². The Morgan fingerprint density at radius 2 is 1.28 bits per heavy atom. The van der Waals surface area contributed by atoms with E-state index in [1.54, 1.807) is 31.3 Å². The molecule has 3 aromatic rings. The number of imide groups is 1. The SMILES string of the molecule is CN[C@@H](Cc1ccccc1)C(=O)N[C@@H](CCCCN)C(=O)N1CCC[C@H]1C(=O)[C](Cc1ccccc1C(=O)N(Cc1ccccc1)C(=O)[C@@H](N)CC1CCCCC1)C(=O)[C@H](N)CC1CCCCC1. The van der Waals surface area contributed by atoms with E-state index < -0.39 is 59.5 Å². The zero-order chi connectivity index (χ0) is 48.4. The number of unbranched alkanes of at least 4 members (excludes halogenated alkanes) is 1. The monoisotopic (exact) mass is 931 g/mol. The van der Waals surface area contributed by atoms with Crippen LogP contribution in [0, 0.1) is 17.8 Å². The van der Waals surface area contributed by atoms with Gasteiger partial charge in [-0.3, -0.25) is 33.7 Å². The van der Waals surface area contributed by atoms with Gasteiger partial charge in [0.05, 0.1) is 30.7 Å². The minimum Gasteiger partial charge on any atom is -0.343 e. The minimum atomic E-state index is -0.988. The van der Waals surface area contributed by atoms with Crippen molar-refractivity contribution in [2.75, 3.05) is 20.1 Å². The highest BCUT2D eigenvalue weighted by molar-refractivity contribution is 6.21. The average molecular weight is 931 g/mol. The summed E-state index contributed by atoms with van der Waals surface area (Å²) in [6, 6.07) is 21.3. The maximum Gasteiger partial charge on any atom is 0.261 e. The summed E-state index contributed by atoms with van der Waals surface area (Å²) in [5.74, 6) is -2.31. The minimum absolute atomic E-state index is 0.00461. The Balaban J connectivity index is 1.29. The molecule has 3 aliphatic rings. The van der Waals surface area contributed by atoms with Gasteiger partial charge in [0.2, 0.25) is 17.7 Å². The second kappa shape index (κ2) is 26.6. The maximum absolute atomic E-state index is 15.2. The van der Waals surface area contributed by atoms with Crippen molar-refractivity contribution in [3.63, 3.8) is 0 Å². The van der Waals surface area contributed by atoms with Crippen LogP contribution in [-0.4, -0.2) is 95.3 Å². The number of hydrogen-bond donors (Lipinski definition) is 5. The Hall–Kier alpha value is -5.08. The molecule has 6 rings (SSSR count). The van der Waals surface area contributed by atoms with Crippen LogP contribution in [0.15, 0.2) is 84.9 Å². The number of Topliss-reactive ketones (excluding diaryl/α,β-unsaturated/α-hetero) is 2. The van der Waals surface area contributed by atoms with E-state index in [0.717, 1.165) is 68.9 Å². The molecule has 0 unspecified atom stereocenters. The second-order valence-corrected chi connectivity index (χ2v) is 19.5. The predicted octanol–water partition coefficient (Wildman–Crippen LogP) is 6.14. The van der Waals surface area contributed by atoms with Gasteiger partial charge >= 0.3 is 0 Å². The van der Waals surface area contributed by atoms with Gasteiger partial charge in [-0.25, -0.2) is 0 Å². The lowest BCUT2D eigenvalue weighted by Crippen LogP contribution is -2.56. The van der Waals surface area contributed by atoms with Gasteiger partial charge in [0, 0.05) is 12.1 Å². The number of likely N-dealkylation sites (N-methyl/N-ethyl adjacent to an activating group) is 1. The van der Waals surface area contributed by atoms with Crippen molar-refractivity contribution in [2.45, 2.75) is 159 Å². The lowest BCUT2D eigenvalue weighted by Gasteiger charge is -2.32. The number of nitrogens with two attached hydrogens (primary N) is 3. The molecule has 2 saturated carbocycles. The zero-order valence-electron chi connectivity index (χ0n) is 40.3. The highest BCUT2D eigenvalue weighted by Crippen LogP contribution is 2.32. The van der Waals surface area contributed by atoms with E-state index in [4.69, 9.17) is 17.2 Å². The first-order chi connectivity index (χ1) is 33.0. The van der Waals surface area contributed by atoms with Gasteiger partial charge in [-0.2, -0.15) is 0 Å². The lowest BCUT2D eigenvalue weighted by atomic mass is 9.79. The third kappa shape index (κ3) is 14.5. The van der Waals surface area contributed by atoms with Crippen molar-refractivity contribution in [3.8, 4) is 0 Å². The molecule has 13 nitrogen and oxygen atoms in total. The van der Waals surface area contributed by atoms with E-state index in [9.17, 15) is 24.0 Å². The first-order valence-electron chi connectivity index (χ1n) is 25.4. The molecule has 0 spiro atoms. The Kier molecular flexibility index (Phi) is 20.5. The highest BCUT2D eigenvalue weighted by atomic mass is 16.2. The van der Waals surface area contributed by atoms with Crippen LogP contribution >= 0.6 is 0 Å². The van der Waals surface area contributed by atoms with Crippen LogP contribution in [0.25, 0.3) is 0 Å². The first kappa shape index (κ1) is 52.3. The van der Waals surface area contributed by atoms with Crippen molar-refractivity contribution in [3.05, 3.63) is 113 Å². The molecule has 5 atom stereocenters. The van der Waals surface area contributed by atoms with Gasteiger partial charge in [-0.1, -0.05) is 143 Å². The summed E-state index contributed by atoms with van der Waals surface area (Å²) in [4.78, 5) is 90.6. The van der Waals surface area contributed by atoms with Gasteiger partial charge in [0.1, 0.15) is 12.0 Å². The van der Waals surface area contributed by atoms with Crippen LogP contribution < -0.4 is 27.8 Å². The van der Waals surface area contributed by atoms with Crippen molar-refractivity contribution in [2.24, 2.45) is 29.0 Å². The molecule has 367 valence electrons. The van der Waals surface area contributed by atoms with Gasteiger partial charge in [-0.15, -0.1) is 0 Å². The molecule has 3 fully saturated rings. The van der Waals surface area contributed by atoms with Gasteiger partial charge in [0.25, 0.3) is 5.91 Å². The molecule has 1 heterocycles. The summed E-state index contributed by atoms with van der Waals surface area (Å²) in [5, 5.41) is 6.10. The van der Waals surface area contributed by atoms with E-state index in [-0.39, 0.29) is 42.8 Å². The molecule has 3 aromatic carbocycles. The van der Waals surface area contributed by atoms with E-state index in [1.165, 1.54) is 16.2 Å². The maximum atomic E-state index is 15.2. The molecule has 68 heavy (non-hydrogen) atoms. The van der Waals surface area contributed by atoms with Crippen molar-refractivity contribution in [1.29, 1.82) is 0 Å². The van der Waals surface area contributed by atoms with E-state index >= 15 is 4.79 Å². The average Bonchev–Trinajstić information content (AvgIpc) is 3.87. The van der Waals surface area contributed by atoms with E-state index in [0.29, 0.717) is 69.4 Å². The molecule has 0 aromatic heterocycles. The fourth-order valence-corrected chi connectivity index (χ4v) is 10.6. The van der Waals surface area contributed by atoms with E-state index in [1.807, 2.05) is 60.7 Å². The summed E-state index contributed by atoms with van der Waals surface area (Å²) in [6.45, 7) is 0.680. The molecule has 2 aliphatic carbocycles. The molecule has 8 N–H and O–H groups in total. The van der Waals surface area contributed by atoms with Crippen molar-refractivity contribution in [1.82, 2.24) is 20.4 Å². The Labute approximate surface area is 404 Å². The largest absolute Gasteiger partial charge is 0.343 e. The third-order valence-corrected chi connectivity index (χ3v) is 14.5. The number of nitrogens with zero attached hydrogens (tertiary/aromatic N) is 2. The molecule has 0 bridgehead atoms. The third-order valence-electron chi connectivity index (χ3n) is 14.5. The van der Waals surface area contributed by atoms with Crippen LogP contribution in [0.5, 0.6) is 0 Å².